The van der Waals surface area contributed by atoms with Crippen LogP contribution in [0.4, 0.5) is 23.2 Å². The summed E-state index contributed by atoms with van der Waals surface area (Å²) in [5.74, 6) is -1.11. The lowest BCUT2D eigenvalue weighted by atomic mass is 9.95. The molecule has 5 nitrogen and oxygen atoms in total. The van der Waals surface area contributed by atoms with E-state index in [1.165, 1.54) is 12.5 Å². The summed E-state index contributed by atoms with van der Waals surface area (Å²) in [7, 11) is 0. The van der Waals surface area contributed by atoms with Gasteiger partial charge in [-0.25, -0.2) is 14.4 Å². The minimum Gasteiger partial charge on any atom is -0.308 e. The fraction of sp³-hybridized carbons (Fsp3) is 0.154. The van der Waals surface area contributed by atoms with Crippen LogP contribution < -0.4 is 4.90 Å². The van der Waals surface area contributed by atoms with Crippen LogP contribution in [0.5, 0.6) is 0 Å². The third-order valence-corrected chi connectivity index (χ3v) is 5.82. The molecule has 3 heterocycles. The number of nitrogens with zero attached hydrogens (tertiary/aromatic N) is 4. The first kappa shape index (κ1) is 22.6. The summed E-state index contributed by atoms with van der Waals surface area (Å²) in [6.07, 6.45) is -1.30. The number of halogens is 4. The number of fused-ring (bicyclic) bond motifs is 1. The van der Waals surface area contributed by atoms with Gasteiger partial charge in [0.2, 0.25) is 0 Å². The van der Waals surface area contributed by atoms with Crippen LogP contribution in [-0.2, 0) is 19.0 Å². The van der Waals surface area contributed by atoms with E-state index in [4.69, 9.17) is 0 Å². The fourth-order valence-electron chi connectivity index (χ4n) is 4.24. The molecule has 0 saturated heterocycles. The van der Waals surface area contributed by atoms with Crippen molar-refractivity contribution in [2.75, 3.05) is 11.4 Å². The summed E-state index contributed by atoms with van der Waals surface area (Å²) in [4.78, 5) is 27.8. The van der Waals surface area contributed by atoms with Gasteiger partial charge in [-0.05, 0) is 60.0 Å². The third kappa shape index (κ3) is 4.62. The molecule has 0 atom stereocenters. The van der Waals surface area contributed by atoms with Gasteiger partial charge in [0, 0.05) is 36.1 Å². The van der Waals surface area contributed by atoms with Crippen LogP contribution >= 0.6 is 0 Å². The number of aromatic nitrogens is 3. The van der Waals surface area contributed by atoms with Gasteiger partial charge in [-0.15, -0.1) is 0 Å². The van der Waals surface area contributed by atoms with E-state index in [9.17, 15) is 22.4 Å². The lowest BCUT2D eigenvalue weighted by molar-refractivity contribution is -0.137. The number of anilines is 1. The van der Waals surface area contributed by atoms with Gasteiger partial charge in [-0.3, -0.25) is 9.78 Å². The average molecular weight is 478 g/mol. The molecular weight excluding hydrogens is 460 g/mol. The number of hydrogen-bond acceptors (Lipinski definition) is 4. The smallest absolute Gasteiger partial charge is 0.308 e. The quantitative estimate of drug-likeness (QED) is 0.364. The highest BCUT2D eigenvalue weighted by molar-refractivity contribution is 6.09. The second-order valence-corrected chi connectivity index (χ2v) is 8.15. The molecule has 0 spiro atoms. The molecular formula is C26H18F4N4O. The molecule has 1 amide bonds. The van der Waals surface area contributed by atoms with Gasteiger partial charge < -0.3 is 4.90 Å². The lowest BCUT2D eigenvalue weighted by Gasteiger charge is -2.29. The fourth-order valence-corrected chi connectivity index (χ4v) is 4.24. The third-order valence-electron chi connectivity index (χ3n) is 5.82. The first-order valence-electron chi connectivity index (χ1n) is 10.8. The molecule has 0 unspecified atom stereocenters. The van der Waals surface area contributed by atoms with E-state index in [-0.39, 0.29) is 17.9 Å². The zero-order chi connectivity index (χ0) is 24.6. The molecule has 0 N–H and O–H groups in total. The minimum atomic E-state index is -4.65. The van der Waals surface area contributed by atoms with E-state index < -0.39 is 17.6 Å². The van der Waals surface area contributed by atoms with E-state index in [0.717, 1.165) is 23.4 Å². The van der Waals surface area contributed by atoms with Gasteiger partial charge in [-0.1, -0.05) is 18.2 Å². The number of hydrogen-bond donors (Lipinski definition) is 0. The normalized spacial score (nSPS) is 13.6. The van der Waals surface area contributed by atoms with Gasteiger partial charge in [-0.2, -0.15) is 13.2 Å². The van der Waals surface area contributed by atoms with Crippen molar-refractivity contribution in [3.8, 4) is 11.4 Å². The SMILES string of the molecule is O=C1c2ccnc(-c3cc(Cc4cc(F)cc(C(F)(F)F)c4)ncn3)c2CCN1c1ccccc1. The zero-order valence-corrected chi connectivity index (χ0v) is 18.3. The molecule has 0 aliphatic carbocycles. The second-order valence-electron chi connectivity index (χ2n) is 8.15. The largest absolute Gasteiger partial charge is 0.416 e. The second kappa shape index (κ2) is 8.90. The minimum absolute atomic E-state index is 0.0217. The van der Waals surface area contributed by atoms with Crippen molar-refractivity contribution >= 4 is 11.6 Å². The molecule has 1 aliphatic rings. The highest BCUT2D eigenvalue weighted by atomic mass is 19.4. The molecule has 2 aromatic carbocycles. The van der Waals surface area contributed by atoms with Crippen molar-refractivity contribution < 1.29 is 22.4 Å². The van der Waals surface area contributed by atoms with Crippen LogP contribution in [0.25, 0.3) is 11.4 Å². The first-order chi connectivity index (χ1) is 16.8. The van der Waals surface area contributed by atoms with Crippen LogP contribution in [0, 0.1) is 5.82 Å². The molecule has 0 saturated carbocycles. The maximum Gasteiger partial charge on any atom is 0.416 e. The number of benzene rings is 2. The molecule has 0 radical (unpaired) electrons. The average Bonchev–Trinajstić information content (AvgIpc) is 2.84. The Bertz CT molecular complexity index is 1410. The van der Waals surface area contributed by atoms with E-state index in [1.807, 2.05) is 30.3 Å². The van der Waals surface area contributed by atoms with Crippen LogP contribution in [0.15, 0.2) is 73.2 Å². The Labute approximate surface area is 198 Å². The Morgan fingerprint density at radius 3 is 2.51 bits per heavy atom. The molecule has 1 aliphatic heterocycles. The summed E-state index contributed by atoms with van der Waals surface area (Å²) >= 11 is 0. The number of alkyl halides is 3. The topological polar surface area (TPSA) is 59.0 Å². The van der Waals surface area contributed by atoms with E-state index in [2.05, 4.69) is 15.0 Å². The summed E-state index contributed by atoms with van der Waals surface area (Å²) in [6.45, 7) is 0.468. The monoisotopic (exact) mass is 478 g/mol. The Balaban J connectivity index is 1.46. The highest BCUT2D eigenvalue weighted by Crippen LogP contribution is 2.32. The number of carbonyl (C=O) groups is 1. The molecule has 35 heavy (non-hydrogen) atoms. The van der Waals surface area contributed by atoms with Gasteiger partial charge in [0.25, 0.3) is 5.91 Å². The Morgan fingerprint density at radius 2 is 1.74 bits per heavy atom. The number of pyridine rings is 1. The lowest BCUT2D eigenvalue weighted by Crippen LogP contribution is -2.38. The predicted octanol–water partition coefficient (Wildman–Crippen LogP) is 5.49. The van der Waals surface area contributed by atoms with Gasteiger partial charge in [0.1, 0.15) is 12.1 Å². The van der Waals surface area contributed by atoms with Crippen LogP contribution in [0.1, 0.15) is 32.7 Å². The van der Waals surface area contributed by atoms with Crippen LogP contribution in [-0.4, -0.2) is 27.4 Å². The predicted molar refractivity (Wildman–Crippen MR) is 121 cm³/mol. The van der Waals surface area contributed by atoms with Crippen LogP contribution in [0.3, 0.4) is 0 Å². The standard InChI is InChI=1S/C26H18F4N4O/c27-18-11-16(10-17(13-18)26(28,29)30)12-19-14-23(33-15-32-19)24-21-7-9-34(20-4-2-1-3-5-20)25(35)22(21)6-8-31-24/h1-6,8,10-11,13-15H,7,9,12H2. The van der Waals surface area contributed by atoms with Crippen molar-refractivity contribution in [2.45, 2.75) is 19.0 Å². The maximum atomic E-state index is 13.8. The van der Waals surface area contributed by atoms with Gasteiger partial charge >= 0.3 is 6.18 Å². The number of rotatable bonds is 4. The molecule has 2 aromatic heterocycles. The number of para-hydroxylation sites is 1. The Morgan fingerprint density at radius 1 is 0.943 bits per heavy atom. The van der Waals surface area contributed by atoms with E-state index in [1.54, 1.807) is 17.0 Å². The van der Waals surface area contributed by atoms with Gasteiger partial charge in [0.05, 0.1) is 17.0 Å². The molecule has 5 rings (SSSR count). The summed E-state index contributed by atoms with van der Waals surface area (Å²) in [6, 6.07) is 15.1. The van der Waals surface area contributed by atoms with Crippen molar-refractivity contribution in [1.29, 1.82) is 0 Å². The molecule has 4 aromatic rings. The Hall–Kier alpha value is -4.14. The number of amides is 1. The van der Waals surface area contributed by atoms with Crippen molar-refractivity contribution in [3.05, 3.63) is 107 Å². The van der Waals surface area contributed by atoms with Crippen molar-refractivity contribution in [2.24, 2.45) is 0 Å². The first-order valence-corrected chi connectivity index (χ1v) is 10.8. The zero-order valence-electron chi connectivity index (χ0n) is 18.3. The number of carbonyl (C=O) groups excluding carboxylic acids is 1. The summed E-state index contributed by atoms with van der Waals surface area (Å²) < 4.78 is 53.0. The molecule has 0 bridgehead atoms. The maximum absolute atomic E-state index is 13.8. The van der Waals surface area contributed by atoms with Crippen molar-refractivity contribution in [3.63, 3.8) is 0 Å². The van der Waals surface area contributed by atoms with Gasteiger partial charge in [0.15, 0.2) is 0 Å². The molecule has 176 valence electrons. The van der Waals surface area contributed by atoms with E-state index in [0.29, 0.717) is 41.7 Å². The van der Waals surface area contributed by atoms with Crippen molar-refractivity contribution in [1.82, 2.24) is 15.0 Å². The highest BCUT2D eigenvalue weighted by Gasteiger charge is 2.31. The summed E-state index contributed by atoms with van der Waals surface area (Å²) in [5.41, 5.74) is 2.52. The van der Waals surface area contributed by atoms with E-state index >= 15 is 0 Å². The molecule has 0 fully saturated rings. The summed E-state index contributed by atoms with van der Waals surface area (Å²) in [5, 5.41) is 0. The molecule has 9 heteroatoms. The Kier molecular flexibility index (Phi) is 5.76. The van der Waals surface area contributed by atoms with Crippen LogP contribution in [0.2, 0.25) is 0 Å².